The van der Waals surface area contributed by atoms with Gasteiger partial charge in [-0.3, -0.25) is 9.78 Å². The van der Waals surface area contributed by atoms with Gasteiger partial charge in [-0.1, -0.05) is 0 Å². The van der Waals surface area contributed by atoms with Gasteiger partial charge in [0.05, 0.1) is 23.8 Å². The summed E-state index contributed by atoms with van der Waals surface area (Å²) in [7, 11) is 0. The van der Waals surface area contributed by atoms with Gasteiger partial charge in [-0.15, -0.1) is 0 Å². The molecular formula is C17H17N5O2. The molecule has 7 nitrogen and oxygen atoms in total. The molecule has 3 aromatic rings. The molecular weight excluding hydrogens is 306 g/mol. The smallest absolute Gasteiger partial charge is 0.229 e. The van der Waals surface area contributed by atoms with Crippen LogP contribution in [0, 0.1) is 5.92 Å². The molecule has 0 spiro atoms. The highest BCUT2D eigenvalue weighted by molar-refractivity contribution is 5.94. The van der Waals surface area contributed by atoms with Crippen molar-refractivity contribution >= 4 is 22.6 Å². The average Bonchev–Trinajstić information content (AvgIpc) is 3.16. The van der Waals surface area contributed by atoms with Crippen LogP contribution in [0.1, 0.15) is 12.8 Å². The van der Waals surface area contributed by atoms with Crippen molar-refractivity contribution in [2.24, 2.45) is 5.92 Å². The summed E-state index contributed by atoms with van der Waals surface area (Å²) in [6, 6.07) is 3.78. The standard InChI is InChI=1S/C17H17N5O2/c23-17(11-2-1-3-18-6-11)22-16-5-12-4-13(15-9-19-10-24-15)7-20-14(12)8-21-16/h4-5,7-11,18H,1-3,6H2,(H,21,22,23). The predicted octanol–water partition coefficient (Wildman–Crippen LogP) is 2.22. The number of amides is 1. The Hall–Kier alpha value is -2.80. The van der Waals surface area contributed by atoms with Crippen LogP contribution in [0.4, 0.5) is 5.82 Å². The van der Waals surface area contributed by atoms with Crippen LogP contribution in [-0.2, 0) is 4.79 Å². The van der Waals surface area contributed by atoms with Crippen LogP contribution in [0.5, 0.6) is 0 Å². The van der Waals surface area contributed by atoms with E-state index in [0.29, 0.717) is 11.6 Å². The maximum atomic E-state index is 12.3. The quantitative estimate of drug-likeness (QED) is 0.768. The number of anilines is 1. The predicted molar refractivity (Wildman–Crippen MR) is 89.3 cm³/mol. The number of hydrogen-bond donors (Lipinski definition) is 2. The Balaban J connectivity index is 1.58. The van der Waals surface area contributed by atoms with Crippen molar-refractivity contribution in [2.45, 2.75) is 12.8 Å². The van der Waals surface area contributed by atoms with Gasteiger partial charge >= 0.3 is 0 Å². The third-order valence-corrected chi connectivity index (χ3v) is 4.20. The first kappa shape index (κ1) is 14.8. The number of carbonyl (C=O) groups is 1. The number of aromatic nitrogens is 3. The highest BCUT2D eigenvalue weighted by Gasteiger charge is 2.21. The topological polar surface area (TPSA) is 92.9 Å². The van der Waals surface area contributed by atoms with E-state index < -0.39 is 0 Å². The molecule has 1 atom stereocenters. The molecule has 0 aliphatic carbocycles. The molecule has 1 aliphatic rings. The number of piperidine rings is 1. The van der Waals surface area contributed by atoms with E-state index >= 15 is 0 Å². The molecule has 1 aliphatic heterocycles. The number of hydrogen-bond acceptors (Lipinski definition) is 6. The van der Waals surface area contributed by atoms with E-state index in [9.17, 15) is 4.79 Å². The zero-order valence-electron chi connectivity index (χ0n) is 13.0. The van der Waals surface area contributed by atoms with Crippen LogP contribution >= 0.6 is 0 Å². The molecule has 0 saturated carbocycles. The lowest BCUT2D eigenvalue weighted by molar-refractivity contribution is -0.120. The Morgan fingerprint density at radius 1 is 1.25 bits per heavy atom. The highest BCUT2D eigenvalue weighted by atomic mass is 16.3. The third-order valence-electron chi connectivity index (χ3n) is 4.20. The fourth-order valence-electron chi connectivity index (χ4n) is 2.90. The largest absolute Gasteiger partial charge is 0.443 e. The molecule has 0 radical (unpaired) electrons. The highest BCUT2D eigenvalue weighted by Crippen LogP contribution is 2.23. The Morgan fingerprint density at radius 3 is 3.00 bits per heavy atom. The van der Waals surface area contributed by atoms with Crippen molar-refractivity contribution < 1.29 is 9.21 Å². The number of rotatable bonds is 3. The Bertz CT molecular complexity index is 857. The molecule has 0 aromatic carbocycles. The van der Waals surface area contributed by atoms with Gasteiger partial charge < -0.3 is 15.1 Å². The lowest BCUT2D eigenvalue weighted by atomic mass is 9.99. The first-order valence-electron chi connectivity index (χ1n) is 7.96. The summed E-state index contributed by atoms with van der Waals surface area (Å²) in [5.74, 6) is 1.19. The number of nitrogens with zero attached hydrogens (tertiary/aromatic N) is 3. The van der Waals surface area contributed by atoms with Gasteiger partial charge in [0.1, 0.15) is 5.82 Å². The average molecular weight is 323 g/mol. The SMILES string of the molecule is O=C(Nc1cc2cc(-c3cnco3)cnc2cn1)C1CCCNC1. The lowest BCUT2D eigenvalue weighted by Gasteiger charge is -2.21. The zero-order chi connectivity index (χ0) is 16.4. The number of carbonyl (C=O) groups excluding carboxylic acids is 1. The molecule has 2 N–H and O–H groups in total. The van der Waals surface area contributed by atoms with Crippen molar-refractivity contribution in [3.05, 3.63) is 37.1 Å². The number of pyridine rings is 2. The molecule has 1 saturated heterocycles. The summed E-state index contributed by atoms with van der Waals surface area (Å²) in [6.07, 6.45) is 8.33. The second kappa shape index (κ2) is 6.37. The maximum Gasteiger partial charge on any atom is 0.229 e. The second-order valence-corrected chi connectivity index (χ2v) is 5.88. The van der Waals surface area contributed by atoms with Gasteiger partial charge in [0.25, 0.3) is 0 Å². The molecule has 1 unspecified atom stereocenters. The maximum absolute atomic E-state index is 12.3. The van der Waals surface area contributed by atoms with Crippen molar-refractivity contribution in [2.75, 3.05) is 18.4 Å². The minimum absolute atomic E-state index is 0.00472. The summed E-state index contributed by atoms with van der Waals surface area (Å²) >= 11 is 0. The van der Waals surface area contributed by atoms with E-state index in [1.807, 2.05) is 12.1 Å². The molecule has 4 heterocycles. The van der Waals surface area contributed by atoms with Crippen LogP contribution in [0.3, 0.4) is 0 Å². The van der Waals surface area contributed by atoms with Crippen LogP contribution < -0.4 is 10.6 Å². The molecule has 122 valence electrons. The van der Waals surface area contributed by atoms with Crippen LogP contribution in [0.2, 0.25) is 0 Å². The zero-order valence-corrected chi connectivity index (χ0v) is 13.0. The molecule has 24 heavy (non-hydrogen) atoms. The van der Waals surface area contributed by atoms with Gasteiger partial charge in [0, 0.05) is 23.7 Å². The summed E-state index contributed by atoms with van der Waals surface area (Å²) in [5, 5.41) is 7.04. The molecule has 3 aromatic heterocycles. The molecule has 4 rings (SSSR count). The Morgan fingerprint density at radius 2 is 2.21 bits per heavy atom. The van der Waals surface area contributed by atoms with Crippen molar-refractivity contribution in [3.8, 4) is 11.3 Å². The van der Waals surface area contributed by atoms with E-state index in [1.165, 1.54) is 6.39 Å². The van der Waals surface area contributed by atoms with Crippen molar-refractivity contribution in [1.82, 2.24) is 20.3 Å². The molecule has 1 fully saturated rings. The molecule has 7 heteroatoms. The molecule has 1 amide bonds. The van der Waals surface area contributed by atoms with E-state index in [0.717, 1.165) is 42.4 Å². The lowest BCUT2D eigenvalue weighted by Crippen LogP contribution is -2.37. The van der Waals surface area contributed by atoms with Gasteiger partial charge in [0.15, 0.2) is 12.2 Å². The van der Waals surface area contributed by atoms with Gasteiger partial charge in [-0.25, -0.2) is 9.97 Å². The normalized spacial score (nSPS) is 17.8. The van der Waals surface area contributed by atoms with Gasteiger partial charge in [-0.2, -0.15) is 0 Å². The third kappa shape index (κ3) is 2.98. The number of nitrogens with one attached hydrogen (secondary N) is 2. The Kier molecular flexibility index (Phi) is 3.92. The van der Waals surface area contributed by atoms with Crippen molar-refractivity contribution in [1.29, 1.82) is 0 Å². The van der Waals surface area contributed by atoms with Crippen LogP contribution in [0.15, 0.2) is 41.5 Å². The molecule has 0 bridgehead atoms. The van der Waals surface area contributed by atoms with Gasteiger partial charge in [0.2, 0.25) is 5.91 Å². The summed E-state index contributed by atoms with van der Waals surface area (Å²) in [5.41, 5.74) is 1.59. The van der Waals surface area contributed by atoms with Gasteiger partial charge in [-0.05, 0) is 31.5 Å². The summed E-state index contributed by atoms with van der Waals surface area (Å²) < 4.78 is 5.30. The first-order chi connectivity index (χ1) is 11.8. The monoisotopic (exact) mass is 323 g/mol. The minimum atomic E-state index is -0.00472. The van der Waals surface area contributed by atoms with E-state index in [2.05, 4.69) is 25.6 Å². The van der Waals surface area contributed by atoms with Crippen LogP contribution in [0.25, 0.3) is 22.2 Å². The Labute approximate surface area is 138 Å². The van der Waals surface area contributed by atoms with E-state index in [4.69, 9.17) is 4.42 Å². The fraction of sp³-hybridized carbons (Fsp3) is 0.294. The summed E-state index contributed by atoms with van der Waals surface area (Å²) in [6.45, 7) is 1.70. The van der Waals surface area contributed by atoms with E-state index in [-0.39, 0.29) is 11.8 Å². The van der Waals surface area contributed by atoms with Crippen molar-refractivity contribution in [3.63, 3.8) is 0 Å². The fourth-order valence-corrected chi connectivity index (χ4v) is 2.90. The number of fused-ring (bicyclic) bond motifs is 1. The second-order valence-electron chi connectivity index (χ2n) is 5.88. The van der Waals surface area contributed by atoms with E-state index in [1.54, 1.807) is 18.6 Å². The first-order valence-corrected chi connectivity index (χ1v) is 7.96. The minimum Gasteiger partial charge on any atom is -0.443 e. The number of oxazole rings is 1. The summed E-state index contributed by atoms with van der Waals surface area (Å²) in [4.78, 5) is 24.9. The van der Waals surface area contributed by atoms with Crippen LogP contribution in [-0.4, -0.2) is 33.9 Å².